The first-order chi connectivity index (χ1) is 8.92. The second-order valence-corrected chi connectivity index (χ2v) is 5.02. The van der Waals surface area contributed by atoms with E-state index in [1.165, 1.54) is 31.2 Å². The summed E-state index contributed by atoms with van der Waals surface area (Å²) in [5, 5.41) is 10.4. The molecule has 0 aliphatic carbocycles. The third kappa shape index (κ3) is 2.94. The predicted molar refractivity (Wildman–Crippen MR) is 71.1 cm³/mol. The lowest BCUT2D eigenvalue weighted by Gasteiger charge is -2.25. The molecule has 0 heterocycles. The summed E-state index contributed by atoms with van der Waals surface area (Å²) in [5.41, 5.74) is -0.853. The second-order valence-electron chi connectivity index (χ2n) is 4.64. The molecule has 0 aliphatic rings. The Bertz CT molecular complexity index is 596. The molecule has 0 bridgehead atoms. The van der Waals surface area contributed by atoms with E-state index in [-0.39, 0.29) is 17.0 Å². The van der Waals surface area contributed by atoms with Crippen molar-refractivity contribution >= 4 is 11.6 Å². The molecular formula is C15H13ClF2O. The Hall–Kier alpha value is -1.45. The Kier molecular flexibility index (Phi) is 3.88. The minimum atomic E-state index is -1.46. The number of rotatable bonds is 3. The van der Waals surface area contributed by atoms with Crippen LogP contribution >= 0.6 is 11.6 Å². The van der Waals surface area contributed by atoms with E-state index in [4.69, 9.17) is 11.6 Å². The Morgan fingerprint density at radius 3 is 2.37 bits per heavy atom. The maximum absolute atomic E-state index is 13.7. The minimum Gasteiger partial charge on any atom is -0.385 e. The smallest absolute Gasteiger partial charge is 0.142 e. The molecule has 4 heteroatoms. The molecule has 19 heavy (non-hydrogen) atoms. The van der Waals surface area contributed by atoms with Crippen LogP contribution in [0.2, 0.25) is 5.02 Å². The molecule has 2 aromatic carbocycles. The summed E-state index contributed by atoms with van der Waals surface area (Å²) in [4.78, 5) is 0. The lowest BCUT2D eigenvalue weighted by molar-refractivity contribution is 0.0538. The normalized spacial score (nSPS) is 14.2. The summed E-state index contributed by atoms with van der Waals surface area (Å²) in [6.45, 7) is 1.48. The fraction of sp³-hybridized carbons (Fsp3) is 0.200. The van der Waals surface area contributed by atoms with Crippen LogP contribution in [-0.4, -0.2) is 5.11 Å². The van der Waals surface area contributed by atoms with Gasteiger partial charge in [-0.1, -0.05) is 41.9 Å². The molecule has 100 valence electrons. The largest absolute Gasteiger partial charge is 0.385 e. The highest BCUT2D eigenvalue weighted by Crippen LogP contribution is 2.30. The zero-order valence-corrected chi connectivity index (χ0v) is 11.1. The molecule has 1 nitrogen and oxygen atoms in total. The van der Waals surface area contributed by atoms with Crippen molar-refractivity contribution in [2.24, 2.45) is 0 Å². The van der Waals surface area contributed by atoms with Crippen molar-refractivity contribution < 1.29 is 13.9 Å². The first kappa shape index (κ1) is 14.0. The van der Waals surface area contributed by atoms with Gasteiger partial charge in [0.15, 0.2) is 0 Å². The molecule has 1 N–H and O–H groups in total. The van der Waals surface area contributed by atoms with Crippen LogP contribution in [0.1, 0.15) is 18.1 Å². The fourth-order valence-electron chi connectivity index (χ4n) is 2.05. The van der Waals surface area contributed by atoms with Gasteiger partial charge in [-0.25, -0.2) is 8.78 Å². The van der Waals surface area contributed by atoms with Gasteiger partial charge in [0, 0.05) is 12.0 Å². The van der Waals surface area contributed by atoms with Crippen molar-refractivity contribution in [3.63, 3.8) is 0 Å². The molecule has 2 rings (SSSR count). The van der Waals surface area contributed by atoms with Crippen LogP contribution < -0.4 is 0 Å². The number of hydrogen-bond acceptors (Lipinski definition) is 1. The molecule has 0 amide bonds. The van der Waals surface area contributed by atoms with Crippen molar-refractivity contribution in [3.05, 3.63) is 70.2 Å². The third-order valence-corrected chi connectivity index (χ3v) is 3.44. The summed E-state index contributed by atoms with van der Waals surface area (Å²) in [6.07, 6.45) is 0.0323. The number of hydrogen-bond donors (Lipinski definition) is 1. The van der Waals surface area contributed by atoms with E-state index in [1.807, 2.05) is 0 Å². The number of halogens is 3. The van der Waals surface area contributed by atoms with Gasteiger partial charge < -0.3 is 5.11 Å². The maximum Gasteiger partial charge on any atom is 0.142 e. The van der Waals surface area contributed by atoms with Crippen LogP contribution in [0.4, 0.5) is 8.78 Å². The summed E-state index contributed by atoms with van der Waals surface area (Å²) < 4.78 is 27.0. The van der Waals surface area contributed by atoms with Crippen LogP contribution in [0.5, 0.6) is 0 Å². The molecule has 1 atom stereocenters. The van der Waals surface area contributed by atoms with Gasteiger partial charge in [-0.05, 0) is 24.6 Å². The molecule has 0 saturated heterocycles. The maximum atomic E-state index is 13.7. The molecule has 0 saturated carbocycles. The van der Waals surface area contributed by atoms with Crippen LogP contribution in [0.25, 0.3) is 0 Å². The van der Waals surface area contributed by atoms with Gasteiger partial charge in [-0.15, -0.1) is 0 Å². The predicted octanol–water partition coefficient (Wildman–Crippen LogP) is 4.07. The lowest BCUT2D eigenvalue weighted by atomic mass is 9.88. The summed E-state index contributed by atoms with van der Waals surface area (Å²) >= 11 is 5.85. The first-order valence-electron chi connectivity index (χ1n) is 5.82. The molecule has 0 radical (unpaired) electrons. The third-order valence-electron chi connectivity index (χ3n) is 3.02. The second kappa shape index (κ2) is 5.27. The van der Waals surface area contributed by atoms with Crippen molar-refractivity contribution in [2.45, 2.75) is 18.9 Å². The van der Waals surface area contributed by atoms with E-state index < -0.39 is 17.2 Å². The molecule has 1 unspecified atom stereocenters. The molecule has 2 aromatic rings. The van der Waals surface area contributed by atoms with Crippen molar-refractivity contribution in [3.8, 4) is 0 Å². The van der Waals surface area contributed by atoms with Crippen LogP contribution in [0.15, 0.2) is 42.5 Å². The van der Waals surface area contributed by atoms with E-state index in [2.05, 4.69) is 0 Å². The van der Waals surface area contributed by atoms with E-state index >= 15 is 0 Å². The highest BCUT2D eigenvalue weighted by molar-refractivity contribution is 6.31. The van der Waals surface area contributed by atoms with Crippen molar-refractivity contribution in [1.29, 1.82) is 0 Å². The first-order valence-corrected chi connectivity index (χ1v) is 6.20. The van der Waals surface area contributed by atoms with E-state index in [9.17, 15) is 13.9 Å². The molecule has 0 spiro atoms. The average molecular weight is 283 g/mol. The zero-order valence-electron chi connectivity index (χ0n) is 10.3. The monoisotopic (exact) mass is 282 g/mol. The minimum absolute atomic E-state index is 0.0323. The Morgan fingerprint density at radius 1 is 1.05 bits per heavy atom. The van der Waals surface area contributed by atoms with Crippen LogP contribution in [0.3, 0.4) is 0 Å². The SMILES string of the molecule is CC(O)(Cc1cccc(F)c1Cl)c1ccccc1F. The molecule has 0 fully saturated rings. The average Bonchev–Trinajstić information content (AvgIpc) is 2.35. The Labute approximate surface area is 115 Å². The van der Waals surface area contributed by atoms with Crippen LogP contribution in [0, 0.1) is 11.6 Å². The van der Waals surface area contributed by atoms with Gasteiger partial charge in [-0.3, -0.25) is 0 Å². The van der Waals surface area contributed by atoms with Gasteiger partial charge in [0.25, 0.3) is 0 Å². The van der Waals surface area contributed by atoms with E-state index in [1.54, 1.807) is 18.2 Å². The summed E-state index contributed by atoms with van der Waals surface area (Å²) in [6, 6.07) is 10.3. The van der Waals surface area contributed by atoms with Crippen molar-refractivity contribution in [2.75, 3.05) is 0 Å². The topological polar surface area (TPSA) is 20.2 Å². The quantitative estimate of drug-likeness (QED) is 0.900. The highest BCUT2D eigenvalue weighted by Gasteiger charge is 2.27. The van der Waals surface area contributed by atoms with E-state index in [0.29, 0.717) is 5.56 Å². The van der Waals surface area contributed by atoms with Crippen molar-refractivity contribution in [1.82, 2.24) is 0 Å². The molecule has 0 aliphatic heterocycles. The lowest BCUT2D eigenvalue weighted by Crippen LogP contribution is -2.26. The van der Waals surface area contributed by atoms with Gasteiger partial charge in [0.1, 0.15) is 11.6 Å². The standard InChI is InChI=1S/C15H13ClF2O/c1-15(19,11-6-2-3-7-12(11)17)9-10-5-4-8-13(18)14(10)16/h2-8,19H,9H2,1H3. The summed E-state index contributed by atoms with van der Waals surface area (Å²) in [5.74, 6) is -1.05. The van der Waals surface area contributed by atoms with Gasteiger partial charge >= 0.3 is 0 Å². The summed E-state index contributed by atoms with van der Waals surface area (Å²) in [7, 11) is 0. The van der Waals surface area contributed by atoms with Gasteiger partial charge in [-0.2, -0.15) is 0 Å². The number of benzene rings is 2. The van der Waals surface area contributed by atoms with E-state index in [0.717, 1.165) is 0 Å². The highest BCUT2D eigenvalue weighted by atomic mass is 35.5. The zero-order chi connectivity index (χ0) is 14.0. The van der Waals surface area contributed by atoms with Crippen LogP contribution in [-0.2, 0) is 12.0 Å². The Balaban J connectivity index is 2.36. The number of aliphatic hydroxyl groups is 1. The van der Waals surface area contributed by atoms with Gasteiger partial charge in [0.2, 0.25) is 0 Å². The Morgan fingerprint density at radius 2 is 1.68 bits per heavy atom. The fourth-order valence-corrected chi connectivity index (χ4v) is 2.24. The molecule has 0 aromatic heterocycles. The molecular weight excluding hydrogens is 270 g/mol. The van der Waals surface area contributed by atoms with Gasteiger partial charge in [0.05, 0.1) is 10.6 Å².